The molecule has 0 bridgehead atoms. The lowest BCUT2D eigenvalue weighted by molar-refractivity contribution is -0.369. The molecule has 0 aromatic heterocycles. The topological polar surface area (TPSA) is 38.7 Å². The second kappa shape index (κ2) is 7.64. The first-order valence-corrected chi connectivity index (χ1v) is 8.74. The molecule has 0 amide bonds. The molecule has 0 heterocycles. The van der Waals surface area contributed by atoms with Gasteiger partial charge in [-0.3, -0.25) is 0 Å². The van der Waals surface area contributed by atoms with Crippen molar-refractivity contribution in [3.63, 3.8) is 0 Å². The van der Waals surface area contributed by atoms with Crippen LogP contribution < -0.4 is 14.7 Å². The molecule has 1 aromatic rings. The average molecular weight is 376 g/mol. The van der Waals surface area contributed by atoms with Gasteiger partial charge in [-0.1, -0.05) is 24.6 Å². The van der Waals surface area contributed by atoms with Gasteiger partial charge in [0.05, 0.1) is 23.7 Å². The molecule has 0 saturated heterocycles. The lowest BCUT2D eigenvalue weighted by Crippen LogP contribution is -2.56. The number of methoxy groups -OCH3 is 2. The highest BCUT2D eigenvalue weighted by Crippen LogP contribution is 2.46. The lowest BCUT2D eigenvalue weighted by atomic mass is 9.97. The standard InChI is InChI=1S/C14H18F6O3Si/c1-22-9-5-3-6-10(11(9)23-2)24-8-4-7-12(21,13(15,16)17)14(18,19)20/h3,5-6,21H,4,7-8,24H2,1-2H3. The number of halogens is 6. The molecule has 10 heteroatoms. The third kappa shape index (κ3) is 4.35. The fourth-order valence-corrected chi connectivity index (χ4v) is 4.02. The van der Waals surface area contributed by atoms with Gasteiger partial charge in [-0.2, -0.15) is 26.3 Å². The zero-order chi connectivity index (χ0) is 18.6. The van der Waals surface area contributed by atoms with Crippen LogP contribution in [0, 0.1) is 0 Å². The molecule has 0 atom stereocenters. The van der Waals surface area contributed by atoms with Crippen LogP contribution in [0.3, 0.4) is 0 Å². The summed E-state index contributed by atoms with van der Waals surface area (Å²) in [6, 6.07) is 5.17. The van der Waals surface area contributed by atoms with Crippen molar-refractivity contribution in [3.8, 4) is 11.5 Å². The van der Waals surface area contributed by atoms with Gasteiger partial charge in [-0.15, -0.1) is 0 Å². The Morgan fingerprint density at radius 3 is 2.04 bits per heavy atom. The minimum Gasteiger partial charge on any atom is -0.493 e. The highest BCUT2D eigenvalue weighted by Gasteiger charge is 2.69. The van der Waals surface area contributed by atoms with Crippen molar-refractivity contribution < 1.29 is 40.9 Å². The quantitative estimate of drug-likeness (QED) is 0.452. The molecule has 0 saturated carbocycles. The van der Waals surface area contributed by atoms with E-state index in [1.807, 2.05) is 0 Å². The summed E-state index contributed by atoms with van der Waals surface area (Å²) in [5, 5.41) is 9.82. The predicted octanol–water partition coefficient (Wildman–Crippen LogP) is 2.55. The van der Waals surface area contributed by atoms with Crippen LogP contribution in [-0.2, 0) is 0 Å². The second-order valence-corrected chi connectivity index (χ2v) is 7.18. The van der Waals surface area contributed by atoms with E-state index in [1.54, 1.807) is 18.2 Å². The van der Waals surface area contributed by atoms with Gasteiger partial charge in [0.2, 0.25) is 0 Å². The Balaban J connectivity index is 2.75. The molecule has 1 aromatic carbocycles. The molecule has 24 heavy (non-hydrogen) atoms. The van der Waals surface area contributed by atoms with Crippen LogP contribution in [0.5, 0.6) is 11.5 Å². The van der Waals surface area contributed by atoms with Crippen molar-refractivity contribution in [2.45, 2.75) is 36.8 Å². The van der Waals surface area contributed by atoms with Gasteiger partial charge in [-0.25, -0.2) is 0 Å². The Morgan fingerprint density at radius 2 is 1.58 bits per heavy atom. The van der Waals surface area contributed by atoms with Crippen LogP contribution in [-0.4, -0.2) is 46.8 Å². The lowest BCUT2D eigenvalue weighted by Gasteiger charge is -2.32. The van der Waals surface area contributed by atoms with Crippen molar-refractivity contribution >= 4 is 14.7 Å². The van der Waals surface area contributed by atoms with Crippen LogP contribution in [0.2, 0.25) is 6.04 Å². The minimum atomic E-state index is -5.76. The fourth-order valence-electron chi connectivity index (χ4n) is 2.29. The van der Waals surface area contributed by atoms with Crippen LogP contribution in [0.4, 0.5) is 26.3 Å². The highest BCUT2D eigenvalue weighted by molar-refractivity contribution is 6.54. The third-order valence-corrected chi connectivity index (χ3v) is 5.61. The molecule has 0 fully saturated rings. The Kier molecular flexibility index (Phi) is 6.57. The Bertz CT molecular complexity index is 530. The number of para-hydroxylation sites is 1. The summed E-state index contributed by atoms with van der Waals surface area (Å²) in [7, 11) is 1.64. The number of aliphatic hydroxyl groups is 1. The molecule has 3 nitrogen and oxygen atoms in total. The normalized spacial score (nSPS) is 13.5. The summed E-state index contributed by atoms with van der Waals surface area (Å²) < 4.78 is 85.7. The SMILES string of the molecule is COc1cccc([SiH2]CCCC(O)(C(F)(F)F)C(F)(F)F)c1OC. The molecule has 0 aliphatic heterocycles. The monoisotopic (exact) mass is 376 g/mol. The summed E-state index contributed by atoms with van der Waals surface area (Å²) in [5.41, 5.74) is -4.67. The van der Waals surface area contributed by atoms with E-state index < -0.39 is 40.3 Å². The maximum absolute atomic E-state index is 12.6. The number of benzene rings is 1. The average Bonchev–Trinajstić information content (AvgIpc) is 2.48. The molecule has 0 unspecified atom stereocenters. The molecule has 0 radical (unpaired) electrons. The van der Waals surface area contributed by atoms with E-state index in [9.17, 15) is 26.3 Å². The van der Waals surface area contributed by atoms with E-state index in [0.29, 0.717) is 11.5 Å². The third-order valence-electron chi connectivity index (χ3n) is 3.66. The number of alkyl halides is 6. The summed E-state index contributed by atoms with van der Waals surface area (Å²) in [5.74, 6) is 0.887. The first-order chi connectivity index (χ1) is 11.0. The number of ether oxygens (including phenoxy) is 2. The fraction of sp³-hybridized carbons (Fsp3) is 0.571. The van der Waals surface area contributed by atoms with Crippen molar-refractivity contribution in [1.82, 2.24) is 0 Å². The van der Waals surface area contributed by atoms with Gasteiger partial charge in [0.15, 0.2) is 11.5 Å². The van der Waals surface area contributed by atoms with Crippen LogP contribution in [0.25, 0.3) is 0 Å². The van der Waals surface area contributed by atoms with Gasteiger partial charge >= 0.3 is 12.4 Å². The first-order valence-electron chi connectivity index (χ1n) is 7.03. The summed E-state index contributed by atoms with van der Waals surface area (Å²) in [6.45, 7) is 0. The van der Waals surface area contributed by atoms with Crippen molar-refractivity contribution in [1.29, 1.82) is 0 Å². The molecule has 1 N–H and O–H groups in total. The molecular weight excluding hydrogens is 358 g/mol. The molecule has 138 valence electrons. The molecule has 1 rings (SSSR count). The Morgan fingerprint density at radius 1 is 1.00 bits per heavy atom. The van der Waals surface area contributed by atoms with Crippen LogP contribution in [0.1, 0.15) is 12.8 Å². The van der Waals surface area contributed by atoms with E-state index in [-0.39, 0.29) is 6.04 Å². The van der Waals surface area contributed by atoms with Gasteiger partial charge in [0.1, 0.15) is 0 Å². The molecule has 0 aliphatic rings. The smallest absolute Gasteiger partial charge is 0.426 e. The van der Waals surface area contributed by atoms with E-state index in [1.165, 1.54) is 14.2 Å². The second-order valence-electron chi connectivity index (χ2n) is 5.22. The van der Waals surface area contributed by atoms with E-state index in [0.717, 1.165) is 5.19 Å². The molecular formula is C14H18F6O3Si. The van der Waals surface area contributed by atoms with E-state index in [4.69, 9.17) is 14.6 Å². The first kappa shape index (κ1) is 20.6. The maximum Gasteiger partial charge on any atom is 0.426 e. The predicted molar refractivity (Wildman–Crippen MR) is 78.8 cm³/mol. The Labute approximate surface area is 137 Å². The largest absolute Gasteiger partial charge is 0.493 e. The van der Waals surface area contributed by atoms with Crippen LogP contribution in [0.15, 0.2) is 18.2 Å². The van der Waals surface area contributed by atoms with Gasteiger partial charge < -0.3 is 14.6 Å². The number of hydrogen-bond acceptors (Lipinski definition) is 3. The minimum absolute atomic E-state index is 0.151. The van der Waals surface area contributed by atoms with Crippen molar-refractivity contribution in [2.24, 2.45) is 0 Å². The number of rotatable bonds is 7. The molecule has 0 spiro atoms. The van der Waals surface area contributed by atoms with E-state index in [2.05, 4.69) is 0 Å². The summed E-state index contributed by atoms with van der Waals surface area (Å²) in [6.07, 6.45) is -13.3. The summed E-state index contributed by atoms with van der Waals surface area (Å²) >= 11 is 0. The van der Waals surface area contributed by atoms with Gasteiger partial charge in [0, 0.05) is 0 Å². The number of hydrogen-bond donors (Lipinski definition) is 1. The van der Waals surface area contributed by atoms with Crippen LogP contribution >= 0.6 is 0 Å². The highest BCUT2D eigenvalue weighted by atomic mass is 28.2. The van der Waals surface area contributed by atoms with Crippen molar-refractivity contribution in [2.75, 3.05) is 14.2 Å². The Hall–Kier alpha value is -1.42. The zero-order valence-electron chi connectivity index (χ0n) is 13.1. The van der Waals surface area contributed by atoms with Crippen molar-refractivity contribution in [3.05, 3.63) is 18.2 Å². The van der Waals surface area contributed by atoms with Gasteiger partial charge in [-0.05, 0) is 17.7 Å². The summed E-state index contributed by atoms with van der Waals surface area (Å²) in [4.78, 5) is 0. The van der Waals surface area contributed by atoms with E-state index >= 15 is 0 Å². The maximum atomic E-state index is 12.6. The zero-order valence-corrected chi connectivity index (χ0v) is 14.5. The molecule has 0 aliphatic carbocycles. The van der Waals surface area contributed by atoms with Gasteiger partial charge in [0.25, 0.3) is 5.60 Å².